The van der Waals surface area contributed by atoms with Crippen molar-refractivity contribution in [3.05, 3.63) is 71.1 Å². The third-order valence-electron chi connectivity index (χ3n) is 4.40. The maximum Gasteiger partial charge on any atom is 0.226 e. The van der Waals surface area contributed by atoms with Gasteiger partial charge in [-0.15, -0.1) is 11.3 Å². The van der Waals surface area contributed by atoms with Gasteiger partial charge in [0.25, 0.3) is 0 Å². The summed E-state index contributed by atoms with van der Waals surface area (Å²) in [6.07, 6.45) is 2.69. The van der Waals surface area contributed by atoms with Crippen LogP contribution in [0.5, 0.6) is 0 Å². The predicted molar refractivity (Wildman–Crippen MR) is 110 cm³/mol. The number of hydrogen-bond acceptors (Lipinski definition) is 3. The van der Waals surface area contributed by atoms with Crippen molar-refractivity contribution in [3.8, 4) is 11.3 Å². The van der Waals surface area contributed by atoms with Crippen LogP contribution in [0.15, 0.2) is 60.0 Å². The molecule has 0 fully saturated rings. The lowest BCUT2D eigenvalue weighted by atomic mass is 9.98. The minimum absolute atomic E-state index is 0.000506. The van der Waals surface area contributed by atoms with E-state index in [2.05, 4.69) is 60.5 Å². The zero-order chi connectivity index (χ0) is 18.4. The lowest BCUT2D eigenvalue weighted by Crippen LogP contribution is -2.14. The van der Waals surface area contributed by atoms with Gasteiger partial charge in [-0.2, -0.15) is 0 Å². The van der Waals surface area contributed by atoms with Crippen molar-refractivity contribution < 1.29 is 4.79 Å². The van der Waals surface area contributed by atoms with E-state index in [0.29, 0.717) is 11.6 Å². The molecule has 1 heterocycles. The van der Waals surface area contributed by atoms with Crippen LogP contribution < -0.4 is 5.32 Å². The largest absolute Gasteiger partial charge is 0.302 e. The molecule has 0 radical (unpaired) electrons. The van der Waals surface area contributed by atoms with Crippen molar-refractivity contribution >= 4 is 22.4 Å². The molecule has 0 unspecified atom stereocenters. The van der Waals surface area contributed by atoms with Gasteiger partial charge in [0.1, 0.15) is 0 Å². The van der Waals surface area contributed by atoms with Crippen molar-refractivity contribution in [2.75, 3.05) is 5.32 Å². The zero-order valence-electron chi connectivity index (χ0n) is 15.2. The lowest BCUT2D eigenvalue weighted by Gasteiger charge is -2.10. The van der Waals surface area contributed by atoms with E-state index in [1.807, 2.05) is 23.6 Å². The average molecular weight is 365 g/mol. The highest BCUT2D eigenvalue weighted by atomic mass is 32.1. The van der Waals surface area contributed by atoms with Gasteiger partial charge in [0.05, 0.1) is 5.69 Å². The van der Waals surface area contributed by atoms with E-state index in [-0.39, 0.29) is 11.8 Å². The number of nitrogens with one attached hydrogen (secondary N) is 1. The number of nitrogens with zero attached hydrogens (tertiary/aromatic N) is 1. The molecule has 0 aliphatic heterocycles. The summed E-state index contributed by atoms with van der Waals surface area (Å²) >= 11 is 1.47. The number of hydrogen-bond donors (Lipinski definition) is 1. The molecule has 26 heavy (non-hydrogen) atoms. The van der Waals surface area contributed by atoms with Crippen LogP contribution in [0.1, 0.15) is 43.7 Å². The van der Waals surface area contributed by atoms with Crippen LogP contribution >= 0.6 is 11.3 Å². The van der Waals surface area contributed by atoms with Crippen molar-refractivity contribution in [2.24, 2.45) is 0 Å². The van der Waals surface area contributed by atoms with E-state index in [0.717, 1.165) is 24.1 Å². The van der Waals surface area contributed by atoms with Gasteiger partial charge in [-0.3, -0.25) is 4.79 Å². The molecule has 0 aliphatic rings. The van der Waals surface area contributed by atoms with Crippen LogP contribution in [0.2, 0.25) is 0 Å². The fraction of sp³-hybridized carbons (Fsp3) is 0.273. The fourth-order valence-electron chi connectivity index (χ4n) is 2.94. The minimum Gasteiger partial charge on any atom is -0.302 e. The fourth-order valence-corrected chi connectivity index (χ4v) is 3.68. The lowest BCUT2D eigenvalue weighted by molar-refractivity contribution is -0.116. The van der Waals surface area contributed by atoms with E-state index in [1.165, 1.54) is 22.5 Å². The molecular formula is C22H24N2OS. The Hall–Kier alpha value is -2.46. The molecular weight excluding hydrogens is 340 g/mol. The Morgan fingerprint density at radius 1 is 1.12 bits per heavy atom. The maximum atomic E-state index is 12.3. The van der Waals surface area contributed by atoms with Crippen molar-refractivity contribution in [1.82, 2.24) is 4.98 Å². The Balaban J connectivity index is 1.60. The highest BCUT2D eigenvalue weighted by Gasteiger charge is 2.13. The van der Waals surface area contributed by atoms with Crippen LogP contribution in [0.4, 0.5) is 5.13 Å². The van der Waals surface area contributed by atoms with Crippen molar-refractivity contribution in [1.29, 1.82) is 0 Å². The van der Waals surface area contributed by atoms with Gasteiger partial charge in [-0.25, -0.2) is 4.98 Å². The quantitative estimate of drug-likeness (QED) is 0.567. The number of aromatic nitrogens is 1. The van der Waals surface area contributed by atoms with E-state index < -0.39 is 0 Å². The third kappa shape index (κ3) is 4.79. The number of benzene rings is 2. The van der Waals surface area contributed by atoms with Gasteiger partial charge in [0.15, 0.2) is 5.13 Å². The zero-order valence-corrected chi connectivity index (χ0v) is 16.1. The normalized spacial score (nSPS) is 11.9. The first-order chi connectivity index (χ1) is 12.7. The molecule has 3 rings (SSSR count). The summed E-state index contributed by atoms with van der Waals surface area (Å²) in [5.74, 6) is 0.183. The van der Waals surface area contributed by atoms with E-state index >= 15 is 0 Å². The van der Waals surface area contributed by atoms with Gasteiger partial charge < -0.3 is 5.32 Å². The maximum absolute atomic E-state index is 12.3. The number of thiazole rings is 1. The standard InChI is InChI=1S/C22H24N2OS/c1-3-7-17-10-12-19(13-11-17)20-15-26-22(23-20)24-21(25)14-16(2)18-8-5-4-6-9-18/h4-6,8-13,15-16H,3,7,14H2,1-2H3,(H,23,24,25)/t16-/m1/s1. The number of anilines is 1. The predicted octanol–water partition coefficient (Wildman–Crippen LogP) is 5.89. The molecule has 2 aromatic carbocycles. The number of carbonyl (C=O) groups excluding carboxylic acids is 1. The first-order valence-corrected chi connectivity index (χ1v) is 9.93. The van der Waals surface area contributed by atoms with E-state index in [4.69, 9.17) is 0 Å². The van der Waals surface area contributed by atoms with Crippen LogP contribution in [0.25, 0.3) is 11.3 Å². The van der Waals surface area contributed by atoms with Crippen LogP contribution in [-0.2, 0) is 11.2 Å². The molecule has 0 spiro atoms. The highest BCUT2D eigenvalue weighted by Crippen LogP contribution is 2.26. The summed E-state index contributed by atoms with van der Waals surface area (Å²) in [4.78, 5) is 16.9. The SMILES string of the molecule is CCCc1ccc(-c2csc(NC(=O)C[C@@H](C)c3ccccc3)n2)cc1. The summed E-state index contributed by atoms with van der Waals surface area (Å²) in [6.45, 7) is 4.25. The minimum atomic E-state index is 0.000506. The summed E-state index contributed by atoms with van der Waals surface area (Å²) in [6, 6.07) is 18.6. The average Bonchev–Trinajstić information content (AvgIpc) is 3.11. The first kappa shape index (κ1) is 18.3. The van der Waals surface area contributed by atoms with Crippen LogP contribution in [0.3, 0.4) is 0 Å². The molecule has 0 bridgehead atoms. The van der Waals surface area contributed by atoms with Gasteiger partial charge >= 0.3 is 0 Å². The smallest absolute Gasteiger partial charge is 0.226 e. The van der Waals surface area contributed by atoms with Crippen LogP contribution in [-0.4, -0.2) is 10.9 Å². The highest BCUT2D eigenvalue weighted by molar-refractivity contribution is 7.14. The Morgan fingerprint density at radius 2 is 1.85 bits per heavy atom. The molecule has 1 N–H and O–H groups in total. The van der Waals surface area contributed by atoms with Crippen molar-refractivity contribution in [2.45, 2.75) is 39.0 Å². The number of aryl methyl sites for hydroxylation is 1. The van der Waals surface area contributed by atoms with Gasteiger partial charge in [-0.05, 0) is 23.5 Å². The van der Waals surface area contributed by atoms with Crippen LogP contribution in [0, 0.1) is 0 Å². The molecule has 0 saturated heterocycles. The second-order valence-corrected chi connectivity index (χ2v) is 7.41. The Labute approximate surface area is 159 Å². The number of amides is 1. The second kappa shape index (κ2) is 8.77. The van der Waals surface area contributed by atoms with E-state index in [9.17, 15) is 4.79 Å². The second-order valence-electron chi connectivity index (χ2n) is 6.55. The molecule has 0 aliphatic carbocycles. The van der Waals surface area contributed by atoms with Gasteiger partial charge in [0, 0.05) is 17.4 Å². The molecule has 3 aromatic rings. The molecule has 134 valence electrons. The van der Waals surface area contributed by atoms with Gasteiger partial charge in [0.2, 0.25) is 5.91 Å². The van der Waals surface area contributed by atoms with Crippen molar-refractivity contribution in [3.63, 3.8) is 0 Å². The molecule has 1 atom stereocenters. The van der Waals surface area contributed by atoms with E-state index in [1.54, 1.807) is 0 Å². The monoisotopic (exact) mass is 364 g/mol. The third-order valence-corrected chi connectivity index (χ3v) is 5.16. The topological polar surface area (TPSA) is 42.0 Å². The molecule has 1 aromatic heterocycles. The Bertz CT molecular complexity index is 840. The molecule has 4 heteroatoms. The Kier molecular flexibility index (Phi) is 6.18. The summed E-state index contributed by atoms with van der Waals surface area (Å²) in [5.41, 5.74) is 4.51. The van der Waals surface area contributed by atoms with Gasteiger partial charge in [-0.1, -0.05) is 74.9 Å². The summed E-state index contributed by atoms with van der Waals surface area (Å²) in [7, 11) is 0. The molecule has 3 nitrogen and oxygen atoms in total. The first-order valence-electron chi connectivity index (χ1n) is 9.05. The summed E-state index contributed by atoms with van der Waals surface area (Å²) < 4.78 is 0. The number of carbonyl (C=O) groups is 1. The Morgan fingerprint density at radius 3 is 2.54 bits per heavy atom. The summed E-state index contributed by atoms with van der Waals surface area (Å²) in [5, 5.41) is 5.58. The molecule has 1 amide bonds. The molecule has 0 saturated carbocycles. The number of rotatable bonds is 7.